The van der Waals surface area contributed by atoms with Gasteiger partial charge >= 0.3 is 6.18 Å². The van der Waals surface area contributed by atoms with Crippen molar-refractivity contribution in [2.24, 2.45) is 0 Å². The molecule has 0 radical (unpaired) electrons. The van der Waals surface area contributed by atoms with Gasteiger partial charge in [-0.25, -0.2) is 4.39 Å². The molecule has 3 rings (SSSR count). The Labute approximate surface area is 158 Å². The van der Waals surface area contributed by atoms with E-state index in [0.717, 1.165) is 18.2 Å². The molecule has 1 heterocycles. The minimum atomic E-state index is -4.53. The summed E-state index contributed by atoms with van der Waals surface area (Å²) in [6.45, 7) is -0.172. The molecule has 3 N–H and O–H groups in total. The summed E-state index contributed by atoms with van der Waals surface area (Å²) in [6.07, 6.45) is -4.59. The van der Waals surface area contributed by atoms with Gasteiger partial charge in [0, 0.05) is 25.2 Å². The van der Waals surface area contributed by atoms with Gasteiger partial charge in [0.1, 0.15) is 5.82 Å². The Balaban J connectivity index is 1.69. The van der Waals surface area contributed by atoms with Crippen LogP contribution >= 0.6 is 0 Å². The second kappa shape index (κ2) is 7.49. The Bertz CT molecular complexity index is 914. The monoisotopic (exact) mass is 395 g/mol. The molecule has 2 amide bonds. The van der Waals surface area contributed by atoms with Crippen molar-refractivity contribution < 1.29 is 27.2 Å². The molecule has 2 aromatic carbocycles. The third-order valence-electron chi connectivity index (χ3n) is 4.49. The fourth-order valence-electron chi connectivity index (χ4n) is 3.15. The van der Waals surface area contributed by atoms with Crippen LogP contribution in [0.3, 0.4) is 0 Å². The highest BCUT2D eigenvalue weighted by atomic mass is 19.4. The third kappa shape index (κ3) is 4.24. The van der Waals surface area contributed by atoms with E-state index in [9.17, 15) is 27.2 Å². The maximum atomic E-state index is 13.3. The summed E-state index contributed by atoms with van der Waals surface area (Å²) in [4.78, 5) is 25.7. The van der Waals surface area contributed by atoms with Crippen LogP contribution in [-0.4, -0.2) is 29.3 Å². The first-order valence-corrected chi connectivity index (χ1v) is 8.44. The molecule has 0 spiro atoms. The van der Waals surface area contributed by atoms with E-state index in [2.05, 4.69) is 5.32 Å². The van der Waals surface area contributed by atoms with Crippen LogP contribution in [0.25, 0.3) is 0 Å². The lowest BCUT2D eigenvalue weighted by molar-refractivity contribution is -0.139. The SMILES string of the molecule is Nc1ccc(F)cc1C(=O)NC1CC(=O)N(Cc2ccccc2C(F)(F)F)C1. The van der Waals surface area contributed by atoms with Gasteiger partial charge in [0.15, 0.2) is 0 Å². The molecule has 1 aliphatic heterocycles. The first-order valence-electron chi connectivity index (χ1n) is 8.44. The first-order chi connectivity index (χ1) is 13.1. The number of hydrogen-bond donors (Lipinski definition) is 2. The normalized spacial score (nSPS) is 17.1. The van der Waals surface area contributed by atoms with Crippen LogP contribution in [0.5, 0.6) is 0 Å². The summed E-state index contributed by atoms with van der Waals surface area (Å²) >= 11 is 0. The molecule has 1 saturated heterocycles. The number of likely N-dealkylation sites (tertiary alicyclic amines) is 1. The number of halogens is 4. The Kier molecular flexibility index (Phi) is 5.26. The van der Waals surface area contributed by atoms with E-state index in [1.165, 1.54) is 29.2 Å². The Hall–Kier alpha value is -3.10. The first kappa shape index (κ1) is 19.7. The van der Waals surface area contributed by atoms with Gasteiger partial charge in [-0.3, -0.25) is 9.59 Å². The topological polar surface area (TPSA) is 75.4 Å². The van der Waals surface area contributed by atoms with Gasteiger partial charge in [-0.2, -0.15) is 13.2 Å². The number of rotatable bonds is 4. The predicted octanol–water partition coefficient (Wildman–Crippen LogP) is 2.96. The molecular weight excluding hydrogens is 378 g/mol. The van der Waals surface area contributed by atoms with E-state index in [1.807, 2.05) is 0 Å². The highest BCUT2D eigenvalue weighted by Gasteiger charge is 2.36. The van der Waals surface area contributed by atoms with Crippen LogP contribution in [0, 0.1) is 5.82 Å². The van der Waals surface area contributed by atoms with Crippen LogP contribution in [0.4, 0.5) is 23.2 Å². The van der Waals surface area contributed by atoms with Crippen LogP contribution < -0.4 is 11.1 Å². The summed E-state index contributed by atoms with van der Waals surface area (Å²) in [5.41, 5.74) is 4.86. The van der Waals surface area contributed by atoms with E-state index in [-0.39, 0.29) is 42.2 Å². The van der Waals surface area contributed by atoms with Crippen molar-refractivity contribution in [2.45, 2.75) is 25.2 Å². The summed E-state index contributed by atoms with van der Waals surface area (Å²) in [7, 11) is 0. The van der Waals surface area contributed by atoms with Gasteiger partial charge in [0.2, 0.25) is 5.91 Å². The molecule has 1 fully saturated rings. The maximum absolute atomic E-state index is 13.3. The minimum Gasteiger partial charge on any atom is -0.398 e. The fourth-order valence-corrected chi connectivity index (χ4v) is 3.15. The molecule has 0 bridgehead atoms. The highest BCUT2D eigenvalue weighted by molar-refractivity contribution is 5.99. The number of nitrogens with two attached hydrogens (primary N) is 1. The van der Waals surface area contributed by atoms with Gasteiger partial charge in [-0.15, -0.1) is 0 Å². The lowest BCUT2D eigenvalue weighted by atomic mass is 10.1. The molecule has 1 aliphatic rings. The summed E-state index contributed by atoms with van der Waals surface area (Å²) in [5.74, 6) is -1.66. The molecule has 148 valence electrons. The summed E-state index contributed by atoms with van der Waals surface area (Å²) in [5, 5.41) is 2.58. The van der Waals surface area contributed by atoms with Crippen molar-refractivity contribution in [2.75, 3.05) is 12.3 Å². The zero-order chi connectivity index (χ0) is 20.5. The molecule has 0 saturated carbocycles. The number of carbonyl (C=O) groups excluding carboxylic acids is 2. The second-order valence-corrected chi connectivity index (χ2v) is 6.54. The molecule has 1 unspecified atom stereocenters. The minimum absolute atomic E-state index is 0.0234. The molecule has 0 aromatic heterocycles. The standard InChI is InChI=1S/C19H17F4N3O2/c20-12-5-6-16(24)14(7-12)18(28)25-13-8-17(27)26(10-13)9-11-3-1-2-4-15(11)19(21,22)23/h1-7,13H,8-10,24H2,(H,25,28). The Morgan fingerprint density at radius 3 is 2.64 bits per heavy atom. The number of carbonyl (C=O) groups is 2. The second-order valence-electron chi connectivity index (χ2n) is 6.54. The fraction of sp³-hybridized carbons (Fsp3) is 0.263. The number of amides is 2. The predicted molar refractivity (Wildman–Crippen MR) is 93.5 cm³/mol. The molecule has 2 aromatic rings. The van der Waals surface area contributed by atoms with E-state index < -0.39 is 29.5 Å². The molecule has 28 heavy (non-hydrogen) atoms. The van der Waals surface area contributed by atoms with Gasteiger partial charge in [-0.05, 0) is 29.8 Å². The maximum Gasteiger partial charge on any atom is 0.416 e. The lowest BCUT2D eigenvalue weighted by Gasteiger charge is -2.20. The van der Waals surface area contributed by atoms with E-state index in [0.29, 0.717) is 0 Å². The number of alkyl halides is 3. The third-order valence-corrected chi connectivity index (χ3v) is 4.49. The molecule has 9 heteroatoms. The van der Waals surface area contributed by atoms with Crippen LogP contribution in [0.2, 0.25) is 0 Å². The highest BCUT2D eigenvalue weighted by Crippen LogP contribution is 2.33. The van der Waals surface area contributed by atoms with E-state index in [1.54, 1.807) is 0 Å². The van der Waals surface area contributed by atoms with Crippen molar-refractivity contribution in [1.82, 2.24) is 10.2 Å². The molecular formula is C19H17F4N3O2. The quantitative estimate of drug-likeness (QED) is 0.618. The lowest BCUT2D eigenvalue weighted by Crippen LogP contribution is -2.37. The van der Waals surface area contributed by atoms with Gasteiger partial charge < -0.3 is 16.0 Å². The van der Waals surface area contributed by atoms with Gasteiger partial charge in [0.25, 0.3) is 5.91 Å². The summed E-state index contributed by atoms with van der Waals surface area (Å²) in [6, 6.07) is 7.77. The average molecular weight is 395 g/mol. The number of nitrogens with zero attached hydrogens (tertiary/aromatic N) is 1. The molecule has 0 aliphatic carbocycles. The van der Waals surface area contributed by atoms with E-state index in [4.69, 9.17) is 5.73 Å². The number of anilines is 1. The number of nitrogens with one attached hydrogen (secondary N) is 1. The zero-order valence-electron chi connectivity index (χ0n) is 14.6. The van der Waals surface area contributed by atoms with Crippen LogP contribution in [-0.2, 0) is 17.5 Å². The smallest absolute Gasteiger partial charge is 0.398 e. The summed E-state index contributed by atoms with van der Waals surface area (Å²) < 4.78 is 52.7. The van der Waals surface area contributed by atoms with Crippen molar-refractivity contribution in [3.63, 3.8) is 0 Å². The largest absolute Gasteiger partial charge is 0.416 e. The number of benzene rings is 2. The number of hydrogen-bond acceptors (Lipinski definition) is 3. The van der Waals surface area contributed by atoms with Crippen molar-refractivity contribution in [3.05, 3.63) is 65.0 Å². The number of nitrogen functional groups attached to an aromatic ring is 1. The van der Waals surface area contributed by atoms with Gasteiger partial charge in [-0.1, -0.05) is 18.2 Å². The van der Waals surface area contributed by atoms with Crippen LogP contribution in [0.1, 0.15) is 27.9 Å². The Morgan fingerprint density at radius 1 is 1.21 bits per heavy atom. The van der Waals surface area contributed by atoms with Crippen molar-refractivity contribution in [3.8, 4) is 0 Å². The Morgan fingerprint density at radius 2 is 1.93 bits per heavy atom. The molecule has 1 atom stereocenters. The van der Waals surface area contributed by atoms with Crippen LogP contribution in [0.15, 0.2) is 42.5 Å². The van der Waals surface area contributed by atoms with Crippen molar-refractivity contribution in [1.29, 1.82) is 0 Å². The van der Waals surface area contributed by atoms with Crippen molar-refractivity contribution >= 4 is 17.5 Å². The van der Waals surface area contributed by atoms with E-state index >= 15 is 0 Å². The zero-order valence-corrected chi connectivity index (χ0v) is 14.6. The average Bonchev–Trinajstić information content (AvgIpc) is 2.95. The molecule has 5 nitrogen and oxygen atoms in total. The van der Waals surface area contributed by atoms with Gasteiger partial charge in [0.05, 0.1) is 17.2 Å².